The Kier molecular flexibility index (Phi) is 7.73. The van der Waals surface area contributed by atoms with Crippen LogP contribution in [0.1, 0.15) is 71.6 Å². The van der Waals surface area contributed by atoms with Crippen LogP contribution in [0, 0.1) is 0 Å². The van der Waals surface area contributed by atoms with E-state index < -0.39 is 0 Å². The molecular formula is C53H47NOS. The van der Waals surface area contributed by atoms with Crippen LogP contribution in [0.25, 0.3) is 64.4 Å². The number of para-hydroxylation sites is 1. The molecule has 0 amide bonds. The SMILES string of the molecule is CC(C)(C)c1ccc2oc3cc(N(c4ccccc4)c4cccc(-c5ccc(-c6cccc7c6sc6cc8c(cc67)C(C)(C)CC8(C)C)cc5)c4)ccc3c2c1. The van der Waals surface area contributed by atoms with E-state index >= 15 is 0 Å². The zero-order valence-corrected chi connectivity index (χ0v) is 34.1. The van der Waals surface area contributed by atoms with E-state index in [-0.39, 0.29) is 16.2 Å². The van der Waals surface area contributed by atoms with Crippen LogP contribution in [0.5, 0.6) is 0 Å². The van der Waals surface area contributed by atoms with Gasteiger partial charge in [0.25, 0.3) is 0 Å². The highest BCUT2D eigenvalue weighted by molar-refractivity contribution is 7.26. The molecule has 1 aliphatic rings. The van der Waals surface area contributed by atoms with E-state index in [4.69, 9.17) is 4.42 Å². The summed E-state index contributed by atoms with van der Waals surface area (Å²) in [5.74, 6) is 0. The molecule has 276 valence electrons. The molecule has 0 radical (unpaired) electrons. The van der Waals surface area contributed by atoms with Crippen molar-refractivity contribution in [3.8, 4) is 22.3 Å². The summed E-state index contributed by atoms with van der Waals surface area (Å²) in [6.07, 6.45) is 1.19. The van der Waals surface area contributed by atoms with Crippen LogP contribution in [0.4, 0.5) is 17.1 Å². The van der Waals surface area contributed by atoms with Crippen molar-refractivity contribution in [3.05, 3.63) is 162 Å². The molecule has 0 atom stereocenters. The number of furan rings is 1. The highest BCUT2D eigenvalue weighted by Crippen LogP contribution is 2.52. The van der Waals surface area contributed by atoms with E-state index in [1.807, 2.05) is 11.3 Å². The van der Waals surface area contributed by atoms with Crippen molar-refractivity contribution in [3.63, 3.8) is 0 Å². The summed E-state index contributed by atoms with van der Waals surface area (Å²) in [6, 6.07) is 53.7. The first-order valence-corrected chi connectivity index (χ1v) is 20.7. The highest BCUT2D eigenvalue weighted by Gasteiger charge is 2.42. The summed E-state index contributed by atoms with van der Waals surface area (Å²) in [5.41, 5.74) is 14.7. The molecule has 0 spiro atoms. The normalized spacial score (nSPS) is 14.9. The van der Waals surface area contributed by atoms with Gasteiger partial charge in [0.1, 0.15) is 11.2 Å². The molecule has 0 saturated heterocycles. The Labute approximate surface area is 334 Å². The van der Waals surface area contributed by atoms with Crippen molar-refractivity contribution in [1.29, 1.82) is 0 Å². The lowest BCUT2D eigenvalue weighted by Crippen LogP contribution is -2.17. The summed E-state index contributed by atoms with van der Waals surface area (Å²) in [7, 11) is 0. The van der Waals surface area contributed by atoms with Crippen LogP contribution in [-0.4, -0.2) is 0 Å². The maximum Gasteiger partial charge on any atom is 0.137 e. The van der Waals surface area contributed by atoms with E-state index in [0.29, 0.717) is 0 Å². The molecule has 0 saturated carbocycles. The molecule has 3 heteroatoms. The molecule has 7 aromatic carbocycles. The molecule has 2 nitrogen and oxygen atoms in total. The van der Waals surface area contributed by atoms with Gasteiger partial charge in [-0.25, -0.2) is 0 Å². The molecule has 56 heavy (non-hydrogen) atoms. The first kappa shape index (κ1) is 34.8. The molecule has 1 aliphatic carbocycles. The molecule has 0 aliphatic heterocycles. The Morgan fingerprint density at radius 3 is 1.98 bits per heavy atom. The molecule has 9 aromatic rings. The standard InChI is InChI=1S/C53H47NOS/c1-51(2,3)36-23-26-47-43(28-36)41-25-24-39(29-48(41)55-47)54(37-14-9-8-10-15-37)38-16-11-13-35(27-38)33-19-21-34(22-20-33)40-17-12-18-42-44-30-45-46(31-49(44)56-50(40)42)53(6,7)32-52(45,4)5/h8-31H,32H2,1-7H3. The third-order valence-corrected chi connectivity index (χ3v) is 13.4. The molecule has 2 heterocycles. The van der Waals surface area contributed by atoms with Crippen LogP contribution in [-0.2, 0) is 16.2 Å². The van der Waals surface area contributed by atoms with E-state index in [2.05, 4.69) is 199 Å². The van der Waals surface area contributed by atoms with Crippen LogP contribution < -0.4 is 4.90 Å². The van der Waals surface area contributed by atoms with Gasteiger partial charge in [0.15, 0.2) is 0 Å². The van der Waals surface area contributed by atoms with Crippen LogP contribution in [0.15, 0.2) is 150 Å². The van der Waals surface area contributed by atoms with Gasteiger partial charge in [0, 0.05) is 54.1 Å². The van der Waals surface area contributed by atoms with Crippen molar-refractivity contribution in [2.45, 2.75) is 71.1 Å². The second kappa shape index (κ2) is 12.4. The van der Waals surface area contributed by atoms with Gasteiger partial charge in [0.05, 0.1) is 0 Å². The van der Waals surface area contributed by atoms with Gasteiger partial charge >= 0.3 is 0 Å². The summed E-state index contributed by atoms with van der Waals surface area (Å²) >= 11 is 1.94. The molecular weight excluding hydrogens is 699 g/mol. The number of benzene rings is 7. The first-order chi connectivity index (χ1) is 26.8. The fourth-order valence-electron chi connectivity index (χ4n) is 9.55. The third kappa shape index (κ3) is 5.67. The lowest BCUT2D eigenvalue weighted by Gasteiger charge is -2.26. The van der Waals surface area contributed by atoms with Crippen molar-refractivity contribution >= 4 is 70.5 Å². The largest absolute Gasteiger partial charge is 0.456 e. The lowest BCUT2D eigenvalue weighted by atomic mass is 9.82. The fraction of sp³-hybridized carbons (Fsp3) is 0.208. The second-order valence-corrected chi connectivity index (χ2v) is 19.2. The maximum absolute atomic E-state index is 6.48. The predicted octanol–water partition coefficient (Wildman–Crippen LogP) is 16.0. The van der Waals surface area contributed by atoms with Crippen molar-refractivity contribution in [1.82, 2.24) is 0 Å². The van der Waals surface area contributed by atoms with E-state index in [9.17, 15) is 0 Å². The predicted molar refractivity (Wildman–Crippen MR) is 242 cm³/mol. The Balaban J connectivity index is 1.01. The molecule has 0 N–H and O–H groups in total. The van der Waals surface area contributed by atoms with Gasteiger partial charge in [-0.1, -0.05) is 127 Å². The molecule has 10 rings (SSSR count). The number of hydrogen-bond acceptors (Lipinski definition) is 3. The Morgan fingerprint density at radius 2 is 1.21 bits per heavy atom. The number of nitrogens with zero attached hydrogens (tertiary/aromatic N) is 1. The second-order valence-electron chi connectivity index (χ2n) is 18.2. The highest BCUT2D eigenvalue weighted by atomic mass is 32.1. The van der Waals surface area contributed by atoms with Crippen molar-refractivity contribution in [2.24, 2.45) is 0 Å². The molecule has 0 bridgehead atoms. The van der Waals surface area contributed by atoms with E-state index in [1.54, 1.807) is 0 Å². The van der Waals surface area contributed by atoms with Gasteiger partial charge in [-0.3, -0.25) is 0 Å². The Morgan fingerprint density at radius 1 is 0.518 bits per heavy atom. The third-order valence-electron chi connectivity index (χ3n) is 12.2. The first-order valence-electron chi connectivity index (χ1n) is 19.9. The van der Waals surface area contributed by atoms with Gasteiger partial charge in [-0.05, 0) is 122 Å². The zero-order valence-electron chi connectivity index (χ0n) is 33.3. The number of thiophene rings is 1. The van der Waals surface area contributed by atoms with Gasteiger partial charge in [-0.2, -0.15) is 0 Å². The van der Waals surface area contributed by atoms with Gasteiger partial charge in [-0.15, -0.1) is 11.3 Å². The summed E-state index contributed by atoms with van der Waals surface area (Å²) in [4.78, 5) is 2.32. The van der Waals surface area contributed by atoms with Gasteiger partial charge < -0.3 is 9.32 Å². The average molecular weight is 746 g/mol. The van der Waals surface area contributed by atoms with Crippen molar-refractivity contribution < 1.29 is 4.42 Å². The van der Waals surface area contributed by atoms with Crippen LogP contribution >= 0.6 is 11.3 Å². The maximum atomic E-state index is 6.48. The minimum atomic E-state index is 0.0656. The van der Waals surface area contributed by atoms with Crippen LogP contribution in [0.3, 0.4) is 0 Å². The van der Waals surface area contributed by atoms with Crippen LogP contribution in [0.2, 0.25) is 0 Å². The minimum absolute atomic E-state index is 0.0656. The monoisotopic (exact) mass is 745 g/mol. The number of fused-ring (bicyclic) bond motifs is 7. The number of hydrogen-bond donors (Lipinski definition) is 0. The number of rotatable bonds is 5. The fourth-order valence-corrected chi connectivity index (χ4v) is 10.8. The zero-order chi connectivity index (χ0) is 38.6. The summed E-state index contributed by atoms with van der Waals surface area (Å²) in [5, 5.41) is 5.05. The summed E-state index contributed by atoms with van der Waals surface area (Å²) < 4.78 is 9.23. The Bertz CT molecular complexity index is 2970. The molecule has 0 fully saturated rings. The minimum Gasteiger partial charge on any atom is -0.456 e. The van der Waals surface area contributed by atoms with Crippen molar-refractivity contribution in [2.75, 3.05) is 4.90 Å². The summed E-state index contributed by atoms with van der Waals surface area (Å²) in [6.45, 7) is 16.4. The average Bonchev–Trinajstić information content (AvgIpc) is 3.80. The Hall–Kier alpha value is -5.64. The van der Waals surface area contributed by atoms with Gasteiger partial charge in [0.2, 0.25) is 0 Å². The molecule has 0 unspecified atom stereocenters. The lowest BCUT2D eigenvalue weighted by molar-refractivity contribution is 0.403. The number of anilines is 3. The van der Waals surface area contributed by atoms with E-state index in [0.717, 1.165) is 39.0 Å². The molecule has 2 aromatic heterocycles. The van der Waals surface area contributed by atoms with E-state index in [1.165, 1.54) is 65.5 Å². The quantitative estimate of drug-likeness (QED) is 0.174. The topological polar surface area (TPSA) is 16.4 Å². The smallest absolute Gasteiger partial charge is 0.137 e.